The van der Waals surface area contributed by atoms with Crippen LogP contribution in [0.15, 0.2) is 34.2 Å². The molecule has 1 aromatic carbocycles. The molecule has 1 heterocycles. The summed E-state index contributed by atoms with van der Waals surface area (Å²) in [5, 5.41) is 1.24. The summed E-state index contributed by atoms with van der Waals surface area (Å²) in [6, 6.07) is 8.51. The maximum atomic E-state index is 6.14. The van der Waals surface area contributed by atoms with Crippen LogP contribution in [-0.4, -0.2) is 9.97 Å². The van der Waals surface area contributed by atoms with E-state index in [-0.39, 0.29) is 0 Å². The van der Waals surface area contributed by atoms with Crippen molar-refractivity contribution in [2.45, 2.75) is 43.5 Å². The highest BCUT2D eigenvalue weighted by Crippen LogP contribution is 2.31. The van der Waals surface area contributed by atoms with Gasteiger partial charge in [0.05, 0.1) is 11.4 Å². The molecule has 0 amide bonds. The zero-order valence-electron chi connectivity index (χ0n) is 11.6. The minimum Gasteiger partial charge on any atom is -0.241 e. The first-order chi connectivity index (χ1) is 8.97. The standard InChI is InChI=1S/C15H17ClN2S/c1-9(2)12-5-7-13(8-6-12)19-15-14(16)17-10(3)11(4)18-15/h5-9H,1-4H3. The van der Waals surface area contributed by atoms with Gasteiger partial charge >= 0.3 is 0 Å². The number of halogens is 1. The van der Waals surface area contributed by atoms with E-state index in [0.717, 1.165) is 21.3 Å². The summed E-state index contributed by atoms with van der Waals surface area (Å²) in [5.74, 6) is 0.545. The number of aryl methyl sites for hydroxylation is 2. The van der Waals surface area contributed by atoms with Crippen molar-refractivity contribution >= 4 is 23.4 Å². The van der Waals surface area contributed by atoms with Gasteiger partial charge in [-0.3, -0.25) is 0 Å². The number of hydrogen-bond donors (Lipinski definition) is 0. The van der Waals surface area contributed by atoms with Gasteiger partial charge in [0.25, 0.3) is 0 Å². The van der Waals surface area contributed by atoms with Crippen LogP contribution < -0.4 is 0 Å². The molecule has 4 heteroatoms. The molecule has 2 aromatic rings. The van der Waals surface area contributed by atoms with Gasteiger partial charge < -0.3 is 0 Å². The molecule has 0 aliphatic heterocycles. The average molecular weight is 293 g/mol. The highest BCUT2D eigenvalue weighted by molar-refractivity contribution is 7.99. The predicted molar refractivity (Wildman–Crippen MR) is 81.2 cm³/mol. The lowest BCUT2D eigenvalue weighted by Gasteiger charge is -2.08. The third kappa shape index (κ3) is 3.48. The molecule has 2 nitrogen and oxygen atoms in total. The van der Waals surface area contributed by atoms with Gasteiger partial charge in [-0.15, -0.1) is 0 Å². The van der Waals surface area contributed by atoms with E-state index in [1.807, 2.05) is 13.8 Å². The minimum atomic E-state index is 0.473. The van der Waals surface area contributed by atoms with Crippen LogP contribution in [0, 0.1) is 13.8 Å². The third-order valence-corrected chi connectivity index (χ3v) is 4.36. The lowest BCUT2D eigenvalue weighted by atomic mass is 10.0. The predicted octanol–water partition coefficient (Wildman–Crippen LogP) is 5.02. The van der Waals surface area contributed by atoms with Crippen LogP contribution >= 0.6 is 23.4 Å². The van der Waals surface area contributed by atoms with E-state index in [4.69, 9.17) is 11.6 Å². The van der Waals surface area contributed by atoms with Crippen molar-refractivity contribution in [2.24, 2.45) is 0 Å². The molecule has 0 aliphatic carbocycles. The van der Waals surface area contributed by atoms with Crippen molar-refractivity contribution in [1.82, 2.24) is 9.97 Å². The lowest BCUT2D eigenvalue weighted by molar-refractivity contribution is 0.865. The van der Waals surface area contributed by atoms with Gasteiger partial charge in [0.2, 0.25) is 0 Å². The number of hydrogen-bond acceptors (Lipinski definition) is 3. The van der Waals surface area contributed by atoms with E-state index in [9.17, 15) is 0 Å². The zero-order valence-corrected chi connectivity index (χ0v) is 13.1. The summed E-state index contributed by atoms with van der Waals surface area (Å²) in [6.07, 6.45) is 0. The summed E-state index contributed by atoms with van der Waals surface area (Å²) in [7, 11) is 0. The Bertz CT molecular complexity index is 579. The molecular formula is C15H17ClN2S. The molecule has 0 bridgehead atoms. The molecule has 0 N–H and O–H groups in total. The molecule has 0 spiro atoms. The van der Waals surface area contributed by atoms with E-state index in [1.165, 1.54) is 5.56 Å². The second-order valence-corrected chi connectivity index (χ2v) is 6.24. The SMILES string of the molecule is Cc1nc(Cl)c(Sc2ccc(C(C)C)cc2)nc1C. The molecule has 19 heavy (non-hydrogen) atoms. The second-order valence-electron chi connectivity index (χ2n) is 4.82. The van der Waals surface area contributed by atoms with Crippen LogP contribution in [0.1, 0.15) is 36.7 Å². The molecule has 100 valence electrons. The zero-order chi connectivity index (χ0) is 14.0. The van der Waals surface area contributed by atoms with Gasteiger partial charge in [0.15, 0.2) is 5.15 Å². The maximum Gasteiger partial charge on any atom is 0.161 e. The fourth-order valence-electron chi connectivity index (χ4n) is 1.65. The fraction of sp³-hybridized carbons (Fsp3) is 0.333. The molecule has 1 aromatic heterocycles. The minimum absolute atomic E-state index is 0.473. The Balaban J connectivity index is 2.24. The summed E-state index contributed by atoms with van der Waals surface area (Å²) in [4.78, 5) is 9.92. The summed E-state index contributed by atoms with van der Waals surface area (Å²) in [6.45, 7) is 8.24. The Kier molecular flexibility index (Phi) is 4.48. The summed E-state index contributed by atoms with van der Waals surface area (Å²) < 4.78 is 0. The molecule has 0 saturated heterocycles. The molecule has 0 radical (unpaired) electrons. The summed E-state index contributed by atoms with van der Waals surface area (Å²) in [5.41, 5.74) is 3.14. The first-order valence-electron chi connectivity index (χ1n) is 6.26. The normalized spacial score (nSPS) is 11.1. The van der Waals surface area contributed by atoms with Crippen molar-refractivity contribution in [2.75, 3.05) is 0 Å². The van der Waals surface area contributed by atoms with Crippen molar-refractivity contribution in [3.05, 3.63) is 46.4 Å². The number of rotatable bonds is 3. The number of benzene rings is 1. The van der Waals surface area contributed by atoms with E-state index >= 15 is 0 Å². The van der Waals surface area contributed by atoms with Crippen LogP contribution in [0.2, 0.25) is 5.15 Å². The Hall–Kier alpha value is -1.06. The van der Waals surface area contributed by atoms with Crippen molar-refractivity contribution in [1.29, 1.82) is 0 Å². The number of nitrogens with zero attached hydrogens (tertiary/aromatic N) is 2. The summed E-state index contributed by atoms with van der Waals surface area (Å²) >= 11 is 7.69. The van der Waals surface area contributed by atoms with E-state index in [2.05, 4.69) is 48.1 Å². The highest BCUT2D eigenvalue weighted by atomic mass is 35.5. The van der Waals surface area contributed by atoms with Gasteiger partial charge in [-0.1, -0.05) is 49.3 Å². The van der Waals surface area contributed by atoms with Gasteiger partial charge in [-0.25, -0.2) is 9.97 Å². The largest absolute Gasteiger partial charge is 0.241 e. The van der Waals surface area contributed by atoms with Crippen LogP contribution in [0.25, 0.3) is 0 Å². The molecule has 0 unspecified atom stereocenters. The lowest BCUT2D eigenvalue weighted by Crippen LogP contribution is -1.95. The van der Waals surface area contributed by atoms with Gasteiger partial charge in [-0.2, -0.15) is 0 Å². The van der Waals surface area contributed by atoms with Gasteiger partial charge in [-0.05, 0) is 37.5 Å². The molecule has 0 saturated carbocycles. The highest BCUT2D eigenvalue weighted by Gasteiger charge is 2.09. The molecule has 0 aliphatic rings. The van der Waals surface area contributed by atoms with Crippen molar-refractivity contribution in [3.8, 4) is 0 Å². The van der Waals surface area contributed by atoms with Crippen LogP contribution in [0.4, 0.5) is 0 Å². The topological polar surface area (TPSA) is 25.8 Å². The molecule has 2 rings (SSSR count). The van der Waals surface area contributed by atoms with Crippen molar-refractivity contribution < 1.29 is 0 Å². The Labute approximate surface area is 123 Å². The van der Waals surface area contributed by atoms with Crippen LogP contribution in [0.3, 0.4) is 0 Å². The third-order valence-electron chi connectivity index (χ3n) is 3.00. The second kappa shape index (κ2) is 5.93. The molecular weight excluding hydrogens is 276 g/mol. The average Bonchev–Trinajstić information content (AvgIpc) is 2.36. The monoisotopic (exact) mass is 292 g/mol. The van der Waals surface area contributed by atoms with Crippen LogP contribution in [0.5, 0.6) is 0 Å². The maximum absolute atomic E-state index is 6.14. The Morgan fingerprint density at radius 3 is 2.16 bits per heavy atom. The first kappa shape index (κ1) is 14.4. The van der Waals surface area contributed by atoms with Gasteiger partial charge in [0, 0.05) is 4.90 Å². The van der Waals surface area contributed by atoms with E-state index in [1.54, 1.807) is 11.8 Å². The Morgan fingerprint density at radius 1 is 1.00 bits per heavy atom. The van der Waals surface area contributed by atoms with Crippen molar-refractivity contribution in [3.63, 3.8) is 0 Å². The van der Waals surface area contributed by atoms with E-state index in [0.29, 0.717) is 11.1 Å². The quantitative estimate of drug-likeness (QED) is 0.794. The van der Waals surface area contributed by atoms with E-state index < -0.39 is 0 Å². The molecule has 0 fully saturated rings. The molecule has 0 atom stereocenters. The first-order valence-corrected chi connectivity index (χ1v) is 7.45. The fourth-order valence-corrected chi connectivity index (χ4v) is 2.75. The number of aromatic nitrogens is 2. The van der Waals surface area contributed by atoms with Gasteiger partial charge in [0.1, 0.15) is 5.03 Å². The Morgan fingerprint density at radius 2 is 1.58 bits per heavy atom. The smallest absolute Gasteiger partial charge is 0.161 e. The van der Waals surface area contributed by atoms with Crippen LogP contribution in [-0.2, 0) is 0 Å².